The molecule has 0 saturated carbocycles. The third-order valence-electron chi connectivity index (χ3n) is 4.53. The number of H-pyrrole nitrogens is 1. The monoisotopic (exact) mass is 381 g/mol. The summed E-state index contributed by atoms with van der Waals surface area (Å²) in [6.07, 6.45) is 0.547. The molecule has 2 aromatic carbocycles. The molecule has 0 bridgehead atoms. The van der Waals surface area contributed by atoms with Gasteiger partial charge in [0, 0.05) is 18.4 Å². The zero-order valence-corrected chi connectivity index (χ0v) is 16.1. The van der Waals surface area contributed by atoms with E-state index in [4.69, 9.17) is 9.47 Å². The van der Waals surface area contributed by atoms with Crippen LogP contribution in [0.3, 0.4) is 0 Å². The van der Waals surface area contributed by atoms with Crippen molar-refractivity contribution >= 4 is 16.8 Å². The molecular weight excluding hydrogens is 358 g/mol. The molecule has 7 heteroatoms. The second-order valence-corrected chi connectivity index (χ2v) is 6.43. The Hall–Kier alpha value is -3.35. The average Bonchev–Trinajstić information content (AvgIpc) is 2.71. The molecule has 0 aliphatic rings. The third kappa shape index (κ3) is 4.31. The summed E-state index contributed by atoms with van der Waals surface area (Å²) in [4.78, 5) is 31.7. The molecule has 0 aliphatic heterocycles. The Morgan fingerprint density at radius 1 is 1.18 bits per heavy atom. The summed E-state index contributed by atoms with van der Waals surface area (Å²) in [6, 6.07) is 12.3. The van der Waals surface area contributed by atoms with E-state index in [1.54, 1.807) is 44.6 Å². The minimum atomic E-state index is -0.263. The Morgan fingerprint density at radius 2 is 1.96 bits per heavy atom. The third-order valence-corrected chi connectivity index (χ3v) is 4.53. The molecule has 28 heavy (non-hydrogen) atoms. The zero-order valence-electron chi connectivity index (χ0n) is 16.1. The quantitative estimate of drug-likeness (QED) is 0.656. The van der Waals surface area contributed by atoms with Crippen molar-refractivity contribution in [1.82, 2.24) is 15.3 Å². The number of carbonyl (C=O) groups excluding carboxylic acids is 1. The van der Waals surface area contributed by atoms with Crippen molar-refractivity contribution in [3.8, 4) is 11.5 Å². The molecule has 3 rings (SSSR count). The van der Waals surface area contributed by atoms with Gasteiger partial charge in [0.25, 0.3) is 5.56 Å². The first-order chi connectivity index (χ1) is 13.5. The molecule has 0 unspecified atom stereocenters. The number of aromatic nitrogens is 2. The van der Waals surface area contributed by atoms with Gasteiger partial charge in [0.2, 0.25) is 5.91 Å². The van der Waals surface area contributed by atoms with Crippen LogP contribution in [0.1, 0.15) is 30.8 Å². The summed E-state index contributed by atoms with van der Waals surface area (Å²) >= 11 is 0. The van der Waals surface area contributed by atoms with Crippen molar-refractivity contribution in [2.24, 2.45) is 0 Å². The number of aryl methyl sites for hydroxylation is 1. The molecule has 0 fully saturated rings. The topological polar surface area (TPSA) is 93.3 Å². The SMILES string of the molecule is COc1ccc(OC)c([C@@H](C)NC(=O)CCc2nc3ccccc3c(=O)[nH]2)c1. The minimum Gasteiger partial charge on any atom is -0.497 e. The van der Waals surface area contributed by atoms with Crippen LogP contribution in [0.5, 0.6) is 11.5 Å². The van der Waals surface area contributed by atoms with E-state index in [1.807, 2.05) is 19.1 Å². The molecule has 146 valence electrons. The van der Waals surface area contributed by atoms with Gasteiger partial charge in [-0.1, -0.05) is 12.1 Å². The van der Waals surface area contributed by atoms with E-state index >= 15 is 0 Å². The molecule has 1 atom stereocenters. The number of aromatic amines is 1. The lowest BCUT2D eigenvalue weighted by molar-refractivity contribution is -0.121. The standard InChI is InChI=1S/C21H23N3O4/c1-13(16-12-14(27-2)8-9-18(16)28-3)22-20(25)11-10-19-23-17-7-5-4-6-15(17)21(26)24-19/h4-9,12-13H,10-11H2,1-3H3,(H,22,25)(H,23,24,26)/t13-/m1/s1. The van der Waals surface area contributed by atoms with E-state index in [2.05, 4.69) is 15.3 Å². The van der Waals surface area contributed by atoms with Gasteiger partial charge in [-0.25, -0.2) is 4.98 Å². The summed E-state index contributed by atoms with van der Waals surface area (Å²) in [5.74, 6) is 1.71. The molecule has 0 saturated heterocycles. The van der Waals surface area contributed by atoms with Crippen LogP contribution in [-0.4, -0.2) is 30.1 Å². The first-order valence-corrected chi connectivity index (χ1v) is 9.01. The maximum absolute atomic E-state index is 12.4. The summed E-state index contributed by atoms with van der Waals surface area (Å²) in [5.41, 5.74) is 1.25. The van der Waals surface area contributed by atoms with E-state index in [0.29, 0.717) is 34.6 Å². The van der Waals surface area contributed by atoms with Crippen molar-refractivity contribution in [2.75, 3.05) is 14.2 Å². The Labute approximate surface area is 162 Å². The molecule has 7 nitrogen and oxygen atoms in total. The molecule has 0 spiro atoms. The van der Waals surface area contributed by atoms with Gasteiger partial charge in [0.1, 0.15) is 17.3 Å². The number of fused-ring (bicyclic) bond motifs is 1. The van der Waals surface area contributed by atoms with Gasteiger partial charge in [-0.3, -0.25) is 9.59 Å². The van der Waals surface area contributed by atoms with Crippen LogP contribution in [0.25, 0.3) is 10.9 Å². The number of hydrogen-bond donors (Lipinski definition) is 2. The van der Waals surface area contributed by atoms with Gasteiger partial charge < -0.3 is 19.8 Å². The van der Waals surface area contributed by atoms with Gasteiger partial charge in [-0.05, 0) is 37.3 Å². The Kier molecular flexibility index (Phi) is 5.93. The van der Waals surface area contributed by atoms with Crippen LogP contribution in [-0.2, 0) is 11.2 Å². The Bertz CT molecular complexity index is 1050. The number of rotatable bonds is 7. The molecule has 3 aromatic rings. The molecule has 0 radical (unpaired) electrons. The number of benzene rings is 2. The number of methoxy groups -OCH3 is 2. The summed E-state index contributed by atoms with van der Waals surface area (Å²) in [7, 11) is 3.17. The molecule has 2 N–H and O–H groups in total. The van der Waals surface area contributed by atoms with Gasteiger partial charge in [0.05, 0.1) is 31.2 Å². The number of hydrogen-bond acceptors (Lipinski definition) is 5. The summed E-state index contributed by atoms with van der Waals surface area (Å²) in [6.45, 7) is 1.88. The average molecular weight is 381 g/mol. The van der Waals surface area contributed by atoms with Crippen LogP contribution < -0.4 is 20.3 Å². The van der Waals surface area contributed by atoms with Crippen molar-refractivity contribution in [1.29, 1.82) is 0 Å². The van der Waals surface area contributed by atoms with Gasteiger partial charge in [0.15, 0.2) is 0 Å². The molecule has 1 amide bonds. The van der Waals surface area contributed by atoms with Crippen LogP contribution >= 0.6 is 0 Å². The van der Waals surface area contributed by atoms with E-state index in [1.165, 1.54) is 0 Å². The highest BCUT2D eigenvalue weighted by Gasteiger charge is 2.15. The van der Waals surface area contributed by atoms with Gasteiger partial charge in [-0.15, -0.1) is 0 Å². The number of nitrogens with zero attached hydrogens (tertiary/aromatic N) is 1. The van der Waals surface area contributed by atoms with Crippen molar-refractivity contribution in [3.63, 3.8) is 0 Å². The zero-order chi connectivity index (χ0) is 20.1. The first-order valence-electron chi connectivity index (χ1n) is 9.01. The van der Waals surface area contributed by atoms with Crippen LogP contribution in [0, 0.1) is 0 Å². The fourth-order valence-corrected chi connectivity index (χ4v) is 3.05. The van der Waals surface area contributed by atoms with Crippen LogP contribution in [0.4, 0.5) is 0 Å². The Morgan fingerprint density at radius 3 is 2.71 bits per heavy atom. The maximum Gasteiger partial charge on any atom is 0.258 e. The van der Waals surface area contributed by atoms with Crippen molar-refractivity contribution < 1.29 is 14.3 Å². The van der Waals surface area contributed by atoms with Crippen molar-refractivity contribution in [3.05, 3.63) is 64.2 Å². The fraction of sp³-hybridized carbons (Fsp3) is 0.286. The highest BCUT2D eigenvalue weighted by atomic mass is 16.5. The lowest BCUT2D eigenvalue weighted by atomic mass is 10.1. The molecule has 1 heterocycles. The second-order valence-electron chi connectivity index (χ2n) is 6.43. The predicted octanol–water partition coefficient (Wildman–Crippen LogP) is 2.75. The number of amides is 1. The van der Waals surface area contributed by atoms with E-state index < -0.39 is 0 Å². The lowest BCUT2D eigenvalue weighted by Gasteiger charge is -2.18. The fourth-order valence-electron chi connectivity index (χ4n) is 3.05. The minimum absolute atomic E-state index is 0.145. The highest BCUT2D eigenvalue weighted by molar-refractivity contribution is 5.78. The van der Waals surface area contributed by atoms with Crippen LogP contribution in [0.2, 0.25) is 0 Å². The summed E-state index contributed by atoms with van der Waals surface area (Å²) < 4.78 is 10.6. The second kappa shape index (κ2) is 8.56. The number of carbonyl (C=O) groups is 1. The predicted molar refractivity (Wildman–Crippen MR) is 107 cm³/mol. The lowest BCUT2D eigenvalue weighted by Crippen LogP contribution is -2.27. The molecule has 1 aromatic heterocycles. The van der Waals surface area contributed by atoms with E-state index in [0.717, 1.165) is 5.56 Å². The Balaban J connectivity index is 1.67. The number of para-hydroxylation sites is 1. The molecule has 0 aliphatic carbocycles. The van der Waals surface area contributed by atoms with Gasteiger partial charge in [-0.2, -0.15) is 0 Å². The molecular formula is C21H23N3O4. The normalized spacial score (nSPS) is 11.8. The van der Waals surface area contributed by atoms with E-state index in [-0.39, 0.29) is 23.9 Å². The number of nitrogens with one attached hydrogen (secondary N) is 2. The van der Waals surface area contributed by atoms with Crippen molar-refractivity contribution in [2.45, 2.75) is 25.8 Å². The van der Waals surface area contributed by atoms with E-state index in [9.17, 15) is 9.59 Å². The van der Waals surface area contributed by atoms with Gasteiger partial charge >= 0.3 is 0 Å². The van der Waals surface area contributed by atoms with Crippen LogP contribution in [0.15, 0.2) is 47.3 Å². The maximum atomic E-state index is 12.4. The summed E-state index contributed by atoms with van der Waals surface area (Å²) in [5, 5.41) is 3.49. The highest BCUT2D eigenvalue weighted by Crippen LogP contribution is 2.29. The first kappa shape index (κ1) is 19.4. The largest absolute Gasteiger partial charge is 0.497 e. The number of ether oxygens (including phenoxy) is 2. The smallest absolute Gasteiger partial charge is 0.258 e.